The molecule has 0 amide bonds. The molecule has 1 aromatic carbocycles. The summed E-state index contributed by atoms with van der Waals surface area (Å²) in [7, 11) is 3.74. The van der Waals surface area contributed by atoms with Crippen LogP contribution in [0.4, 0.5) is 5.69 Å². The number of nitrogen functional groups attached to an aromatic ring is 1. The van der Waals surface area contributed by atoms with E-state index in [1.165, 1.54) is 25.7 Å². The Hall–Kier alpha value is -1.71. The molecule has 2 rings (SSSR count). The average Bonchev–Trinajstić information content (AvgIpc) is 2.90. The number of benzene rings is 1. The molecule has 0 radical (unpaired) electrons. The minimum atomic E-state index is 0.109. The lowest BCUT2D eigenvalue weighted by Gasteiger charge is -2.28. The zero-order valence-corrected chi connectivity index (χ0v) is 11.1. The smallest absolute Gasteiger partial charge is 0.124 e. The highest BCUT2D eigenvalue weighted by Gasteiger charge is 2.22. The molecule has 0 aromatic heterocycles. The first kappa shape index (κ1) is 12.7. The number of rotatable bonds is 4. The van der Waals surface area contributed by atoms with Crippen LogP contribution >= 0.6 is 0 Å². The molecule has 98 valence electrons. The number of hydrogen-bond acceptors (Lipinski definition) is 3. The van der Waals surface area contributed by atoms with E-state index in [0.29, 0.717) is 6.04 Å². The van der Waals surface area contributed by atoms with E-state index >= 15 is 0 Å². The Balaban J connectivity index is 2.35. The van der Waals surface area contributed by atoms with E-state index in [2.05, 4.69) is 11.9 Å². The molecule has 0 spiro atoms. The first-order chi connectivity index (χ1) is 8.63. The van der Waals surface area contributed by atoms with Gasteiger partial charge in [0.25, 0.3) is 0 Å². The van der Waals surface area contributed by atoms with Gasteiger partial charge < -0.3 is 15.4 Å². The number of anilines is 1. The highest BCUT2D eigenvalue weighted by molar-refractivity contribution is 6.00. The Morgan fingerprint density at radius 3 is 2.61 bits per heavy atom. The third-order valence-corrected chi connectivity index (χ3v) is 3.75. The molecular formula is C14H21N3O. The second-order valence-corrected chi connectivity index (χ2v) is 4.85. The molecule has 3 N–H and O–H groups in total. The molecule has 4 heteroatoms. The van der Waals surface area contributed by atoms with Crippen molar-refractivity contribution in [1.82, 2.24) is 0 Å². The van der Waals surface area contributed by atoms with Gasteiger partial charge in [0, 0.05) is 24.7 Å². The molecule has 1 aliphatic rings. The molecule has 1 aromatic rings. The summed E-state index contributed by atoms with van der Waals surface area (Å²) in [5.41, 5.74) is 7.44. The Bertz CT molecular complexity index is 439. The van der Waals surface area contributed by atoms with Crippen molar-refractivity contribution in [1.29, 1.82) is 5.41 Å². The summed E-state index contributed by atoms with van der Waals surface area (Å²) in [5, 5.41) is 7.68. The van der Waals surface area contributed by atoms with E-state index < -0.39 is 0 Å². The topological polar surface area (TPSA) is 62.3 Å². The Kier molecular flexibility index (Phi) is 3.75. The van der Waals surface area contributed by atoms with Crippen molar-refractivity contribution in [2.75, 3.05) is 19.1 Å². The van der Waals surface area contributed by atoms with Crippen molar-refractivity contribution in [3.05, 3.63) is 23.8 Å². The third kappa shape index (κ3) is 2.42. The second-order valence-electron chi connectivity index (χ2n) is 4.85. The zero-order chi connectivity index (χ0) is 13.1. The molecule has 0 aliphatic heterocycles. The summed E-state index contributed by atoms with van der Waals surface area (Å²) in [6.07, 6.45) is 5.00. The zero-order valence-electron chi connectivity index (χ0n) is 11.1. The van der Waals surface area contributed by atoms with Crippen LogP contribution in [0.5, 0.6) is 5.75 Å². The minimum absolute atomic E-state index is 0.109. The molecule has 0 bridgehead atoms. The lowest BCUT2D eigenvalue weighted by atomic mass is 10.1. The van der Waals surface area contributed by atoms with Gasteiger partial charge in [-0.05, 0) is 25.0 Å². The van der Waals surface area contributed by atoms with Gasteiger partial charge in [-0.3, -0.25) is 5.41 Å². The van der Waals surface area contributed by atoms with Crippen LogP contribution in [0.25, 0.3) is 0 Å². The fourth-order valence-electron chi connectivity index (χ4n) is 2.65. The standard InChI is InChI=1S/C14H21N3O/c1-17(10-5-3-4-6-10)13-9-11(18-2)7-8-12(13)14(15)16/h7-10H,3-6H2,1-2H3,(H3,15,16). The Labute approximate surface area is 108 Å². The molecule has 0 unspecified atom stereocenters. The van der Waals surface area contributed by atoms with E-state index in [-0.39, 0.29) is 5.84 Å². The molecule has 1 fully saturated rings. The van der Waals surface area contributed by atoms with Crippen LogP contribution in [-0.2, 0) is 0 Å². The van der Waals surface area contributed by atoms with Crippen LogP contribution in [0.15, 0.2) is 18.2 Å². The van der Waals surface area contributed by atoms with Crippen LogP contribution in [0, 0.1) is 5.41 Å². The van der Waals surface area contributed by atoms with Crippen LogP contribution in [0.3, 0.4) is 0 Å². The normalized spacial score (nSPS) is 15.7. The van der Waals surface area contributed by atoms with Crippen molar-refractivity contribution in [2.45, 2.75) is 31.7 Å². The predicted molar refractivity (Wildman–Crippen MR) is 74.7 cm³/mol. The lowest BCUT2D eigenvalue weighted by molar-refractivity contribution is 0.414. The maximum Gasteiger partial charge on any atom is 0.124 e. The highest BCUT2D eigenvalue weighted by atomic mass is 16.5. The monoisotopic (exact) mass is 247 g/mol. The maximum atomic E-state index is 7.68. The molecule has 18 heavy (non-hydrogen) atoms. The van der Waals surface area contributed by atoms with E-state index in [0.717, 1.165) is 17.0 Å². The van der Waals surface area contributed by atoms with Gasteiger partial charge in [-0.1, -0.05) is 12.8 Å². The number of hydrogen-bond donors (Lipinski definition) is 2. The number of nitrogens with zero attached hydrogens (tertiary/aromatic N) is 1. The maximum absolute atomic E-state index is 7.68. The van der Waals surface area contributed by atoms with Gasteiger partial charge in [-0.25, -0.2) is 0 Å². The van der Waals surface area contributed by atoms with Crippen LogP contribution in [-0.4, -0.2) is 26.0 Å². The molecule has 4 nitrogen and oxygen atoms in total. The van der Waals surface area contributed by atoms with Gasteiger partial charge in [0.1, 0.15) is 11.6 Å². The first-order valence-electron chi connectivity index (χ1n) is 6.38. The van der Waals surface area contributed by atoms with Crippen LogP contribution in [0.1, 0.15) is 31.2 Å². The summed E-state index contributed by atoms with van der Waals surface area (Å²) in [6, 6.07) is 6.23. The fraction of sp³-hybridized carbons (Fsp3) is 0.500. The summed E-state index contributed by atoms with van der Waals surface area (Å²) in [6.45, 7) is 0. The molecule has 0 saturated heterocycles. The summed E-state index contributed by atoms with van der Waals surface area (Å²) in [4.78, 5) is 2.24. The van der Waals surface area contributed by atoms with Crippen molar-refractivity contribution in [3.8, 4) is 5.75 Å². The van der Waals surface area contributed by atoms with Crippen molar-refractivity contribution < 1.29 is 4.74 Å². The SMILES string of the molecule is COc1ccc(C(=N)N)c(N(C)C2CCCC2)c1. The van der Waals surface area contributed by atoms with Gasteiger partial charge in [0.15, 0.2) is 0 Å². The quantitative estimate of drug-likeness (QED) is 0.634. The summed E-state index contributed by atoms with van der Waals surface area (Å²) in [5.74, 6) is 0.914. The molecule has 1 aliphatic carbocycles. The molecule has 1 saturated carbocycles. The number of amidine groups is 1. The first-order valence-corrected chi connectivity index (χ1v) is 6.38. The van der Waals surface area contributed by atoms with Gasteiger partial charge >= 0.3 is 0 Å². The third-order valence-electron chi connectivity index (χ3n) is 3.75. The van der Waals surface area contributed by atoms with Crippen LogP contribution < -0.4 is 15.4 Å². The minimum Gasteiger partial charge on any atom is -0.497 e. The van der Waals surface area contributed by atoms with E-state index in [9.17, 15) is 0 Å². The van der Waals surface area contributed by atoms with Crippen LogP contribution in [0.2, 0.25) is 0 Å². The van der Waals surface area contributed by atoms with E-state index in [1.807, 2.05) is 18.2 Å². The fourth-order valence-corrected chi connectivity index (χ4v) is 2.65. The van der Waals surface area contributed by atoms with Crippen molar-refractivity contribution in [2.24, 2.45) is 5.73 Å². The predicted octanol–water partition coefficient (Wildman–Crippen LogP) is 2.36. The van der Waals surface area contributed by atoms with E-state index in [1.54, 1.807) is 7.11 Å². The largest absolute Gasteiger partial charge is 0.497 e. The number of ether oxygens (including phenoxy) is 1. The molecular weight excluding hydrogens is 226 g/mol. The second kappa shape index (κ2) is 5.29. The van der Waals surface area contributed by atoms with E-state index in [4.69, 9.17) is 15.9 Å². The summed E-state index contributed by atoms with van der Waals surface area (Å²) >= 11 is 0. The highest BCUT2D eigenvalue weighted by Crippen LogP contribution is 2.31. The van der Waals surface area contributed by atoms with Crippen molar-refractivity contribution in [3.63, 3.8) is 0 Å². The summed E-state index contributed by atoms with van der Waals surface area (Å²) < 4.78 is 5.26. The Morgan fingerprint density at radius 2 is 2.06 bits per heavy atom. The Morgan fingerprint density at radius 1 is 1.39 bits per heavy atom. The van der Waals surface area contributed by atoms with Crippen molar-refractivity contribution >= 4 is 11.5 Å². The number of nitrogens with two attached hydrogens (primary N) is 1. The van der Waals surface area contributed by atoms with Gasteiger partial charge in [-0.2, -0.15) is 0 Å². The van der Waals surface area contributed by atoms with Gasteiger partial charge in [-0.15, -0.1) is 0 Å². The lowest BCUT2D eigenvalue weighted by Crippen LogP contribution is -2.31. The number of nitrogens with one attached hydrogen (secondary N) is 1. The molecule has 0 atom stereocenters. The van der Waals surface area contributed by atoms with Gasteiger partial charge in [0.05, 0.1) is 12.8 Å². The average molecular weight is 247 g/mol. The molecule has 0 heterocycles. The van der Waals surface area contributed by atoms with Gasteiger partial charge in [0.2, 0.25) is 0 Å². The number of methoxy groups -OCH3 is 1.